The average molecular weight is 155 g/mol. The van der Waals surface area contributed by atoms with Gasteiger partial charge < -0.3 is 0 Å². The molecule has 0 rings (SSSR count). The zero-order chi connectivity index (χ0) is 8.53. The Hall–Kier alpha value is 0. The lowest BCUT2D eigenvalue weighted by Crippen LogP contribution is -1.99. The van der Waals surface area contributed by atoms with E-state index in [1.165, 1.54) is 38.5 Å². The molecule has 0 aliphatic rings. The maximum Gasteiger partial charge on any atom is -0.0355 e. The molecule has 0 bridgehead atoms. The van der Waals surface area contributed by atoms with Crippen LogP contribution in [0.15, 0.2) is 0 Å². The molecule has 1 atom stereocenters. The Balaban J connectivity index is 3.25. The smallest absolute Gasteiger partial charge is 0.0355 e. The Kier molecular flexibility index (Phi) is 8.10. The van der Waals surface area contributed by atoms with Gasteiger partial charge in [-0.1, -0.05) is 59.3 Å². The summed E-state index contributed by atoms with van der Waals surface area (Å²) in [5.74, 6) is 0.898. The van der Waals surface area contributed by atoms with Crippen LogP contribution in [0.3, 0.4) is 0 Å². The van der Waals surface area contributed by atoms with Gasteiger partial charge >= 0.3 is 0 Å². The van der Waals surface area contributed by atoms with Crippen molar-refractivity contribution in [2.75, 3.05) is 0 Å². The molecule has 0 saturated heterocycles. The van der Waals surface area contributed by atoms with Gasteiger partial charge in [-0.05, 0) is 12.3 Å². The molecule has 0 aromatic carbocycles. The van der Waals surface area contributed by atoms with Gasteiger partial charge in [-0.15, -0.1) is 0 Å². The van der Waals surface area contributed by atoms with Crippen molar-refractivity contribution in [3.05, 3.63) is 6.42 Å². The fourth-order valence-corrected chi connectivity index (χ4v) is 1.36. The summed E-state index contributed by atoms with van der Waals surface area (Å²) in [7, 11) is 0. The zero-order valence-corrected chi connectivity index (χ0v) is 8.40. The molecule has 0 aromatic rings. The van der Waals surface area contributed by atoms with Crippen LogP contribution in [0.2, 0.25) is 0 Å². The van der Waals surface area contributed by atoms with Gasteiger partial charge in [0.1, 0.15) is 0 Å². The predicted octanol–water partition coefficient (Wildman–Crippen LogP) is 4.21. The highest BCUT2D eigenvalue weighted by Gasteiger charge is 2.03. The molecule has 0 nitrogen and oxygen atoms in total. The first kappa shape index (κ1) is 11.0. The Morgan fingerprint density at radius 3 is 2.27 bits per heavy atom. The van der Waals surface area contributed by atoms with Gasteiger partial charge in [0.25, 0.3) is 0 Å². The first-order valence-corrected chi connectivity index (χ1v) is 5.18. The van der Waals surface area contributed by atoms with Crippen LogP contribution < -0.4 is 0 Å². The van der Waals surface area contributed by atoms with Crippen molar-refractivity contribution >= 4 is 0 Å². The summed E-state index contributed by atoms with van der Waals surface area (Å²) in [5.41, 5.74) is 0. The summed E-state index contributed by atoms with van der Waals surface area (Å²) in [6.07, 6.45) is 10.6. The molecule has 0 fully saturated rings. The molecule has 0 N–H and O–H groups in total. The van der Waals surface area contributed by atoms with Crippen LogP contribution in [0, 0.1) is 12.3 Å². The Morgan fingerprint density at radius 2 is 1.82 bits per heavy atom. The third kappa shape index (κ3) is 6.40. The van der Waals surface area contributed by atoms with E-state index in [2.05, 4.69) is 27.2 Å². The van der Waals surface area contributed by atoms with Gasteiger partial charge in [0.2, 0.25) is 0 Å². The van der Waals surface area contributed by atoms with E-state index in [1.807, 2.05) is 0 Å². The standard InChI is InChI=1S/C11H23/c1-4-7-9-11(6-3)10-8-5-2/h9,11H,4-8,10H2,1-3H3. The molecular weight excluding hydrogens is 132 g/mol. The van der Waals surface area contributed by atoms with Gasteiger partial charge in [-0.25, -0.2) is 0 Å². The molecule has 0 spiro atoms. The summed E-state index contributed by atoms with van der Waals surface area (Å²) in [4.78, 5) is 0. The second kappa shape index (κ2) is 8.10. The summed E-state index contributed by atoms with van der Waals surface area (Å²) in [5, 5.41) is 0. The zero-order valence-electron chi connectivity index (χ0n) is 8.40. The Morgan fingerprint density at radius 1 is 1.09 bits per heavy atom. The highest BCUT2D eigenvalue weighted by Crippen LogP contribution is 2.17. The van der Waals surface area contributed by atoms with Gasteiger partial charge in [-0.2, -0.15) is 0 Å². The average Bonchev–Trinajstić information content (AvgIpc) is 2.05. The van der Waals surface area contributed by atoms with Gasteiger partial charge in [-0.3, -0.25) is 0 Å². The molecule has 0 aliphatic carbocycles. The molecule has 0 amide bonds. The molecule has 0 aliphatic heterocycles. The second-order valence-corrected chi connectivity index (χ2v) is 3.33. The fourth-order valence-electron chi connectivity index (χ4n) is 1.36. The van der Waals surface area contributed by atoms with Crippen molar-refractivity contribution in [3.8, 4) is 0 Å². The van der Waals surface area contributed by atoms with E-state index in [0.29, 0.717) is 0 Å². The van der Waals surface area contributed by atoms with Crippen LogP contribution in [-0.4, -0.2) is 0 Å². The van der Waals surface area contributed by atoms with Crippen LogP contribution in [0.25, 0.3) is 0 Å². The van der Waals surface area contributed by atoms with E-state index in [1.54, 1.807) is 0 Å². The number of rotatable bonds is 7. The molecule has 1 radical (unpaired) electrons. The van der Waals surface area contributed by atoms with E-state index in [0.717, 1.165) is 5.92 Å². The third-order valence-corrected chi connectivity index (χ3v) is 2.24. The molecule has 0 heteroatoms. The molecule has 0 saturated carbocycles. The van der Waals surface area contributed by atoms with Crippen molar-refractivity contribution in [3.63, 3.8) is 0 Å². The fraction of sp³-hybridized carbons (Fsp3) is 0.909. The molecule has 67 valence electrons. The Bertz CT molecular complexity index is 58.4. The van der Waals surface area contributed by atoms with Crippen molar-refractivity contribution in [2.24, 2.45) is 5.92 Å². The van der Waals surface area contributed by atoms with Crippen molar-refractivity contribution in [1.82, 2.24) is 0 Å². The van der Waals surface area contributed by atoms with E-state index in [4.69, 9.17) is 0 Å². The van der Waals surface area contributed by atoms with Gasteiger partial charge in [0.15, 0.2) is 0 Å². The summed E-state index contributed by atoms with van der Waals surface area (Å²) in [6.45, 7) is 6.82. The molecule has 11 heavy (non-hydrogen) atoms. The highest BCUT2D eigenvalue weighted by molar-refractivity contribution is 4.74. The lowest BCUT2D eigenvalue weighted by molar-refractivity contribution is 0.492. The van der Waals surface area contributed by atoms with Crippen molar-refractivity contribution in [2.45, 2.75) is 59.3 Å². The third-order valence-electron chi connectivity index (χ3n) is 2.24. The SMILES string of the molecule is CCC[CH]C(CC)CCCC. The Labute approximate surface area is 72.4 Å². The van der Waals surface area contributed by atoms with E-state index in [-0.39, 0.29) is 0 Å². The number of unbranched alkanes of at least 4 members (excludes halogenated alkanes) is 2. The van der Waals surface area contributed by atoms with E-state index >= 15 is 0 Å². The van der Waals surface area contributed by atoms with Crippen LogP contribution in [0.1, 0.15) is 59.3 Å². The maximum atomic E-state index is 2.51. The minimum absolute atomic E-state index is 0.898. The summed E-state index contributed by atoms with van der Waals surface area (Å²) < 4.78 is 0. The lowest BCUT2D eigenvalue weighted by atomic mass is 9.94. The number of hydrogen-bond donors (Lipinski definition) is 0. The van der Waals surface area contributed by atoms with E-state index < -0.39 is 0 Å². The quantitative estimate of drug-likeness (QED) is 0.516. The van der Waals surface area contributed by atoms with Crippen molar-refractivity contribution < 1.29 is 0 Å². The number of hydrogen-bond acceptors (Lipinski definition) is 0. The van der Waals surface area contributed by atoms with Crippen LogP contribution in [-0.2, 0) is 0 Å². The maximum absolute atomic E-state index is 2.51. The first-order chi connectivity index (χ1) is 5.35. The monoisotopic (exact) mass is 155 g/mol. The van der Waals surface area contributed by atoms with Crippen molar-refractivity contribution in [1.29, 1.82) is 0 Å². The lowest BCUT2D eigenvalue weighted by Gasteiger charge is -2.12. The van der Waals surface area contributed by atoms with Crippen LogP contribution in [0.4, 0.5) is 0 Å². The normalized spacial score (nSPS) is 10.9. The molecule has 1 unspecified atom stereocenters. The van der Waals surface area contributed by atoms with Gasteiger partial charge in [0.05, 0.1) is 0 Å². The predicted molar refractivity (Wildman–Crippen MR) is 52.5 cm³/mol. The van der Waals surface area contributed by atoms with E-state index in [9.17, 15) is 0 Å². The highest BCUT2D eigenvalue weighted by atomic mass is 14.1. The molecule has 0 aromatic heterocycles. The summed E-state index contributed by atoms with van der Waals surface area (Å²) >= 11 is 0. The summed E-state index contributed by atoms with van der Waals surface area (Å²) in [6, 6.07) is 0. The topological polar surface area (TPSA) is 0 Å². The van der Waals surface area contributed by atoms with Gasteiger partial charge in [0, 0.05) is 0 Å². The minimum atomic E-state index is 0.898. The second-order valence-electron chi connectivity index (χ2n) is 3.33. The molecule has 0 heterocycles. The van der Waals surface area contributed by atoms with Crippen LogP contribution in [0.5, 0.6) is 0 Å². The minimum Gasteiger partial charge on any atom is -0.0654 e. The largest absolute Gasteiger partial charge is 0.0654 e. The van der Waals surface area contributed by atoms with Crippen LogP contribution >= 0.6 is 0 Å². The molecular formula is C11H23. The first-order valence-electron chi connectivity index (χ1n) is 5.18.